The van der Waals surface area contributed by atoms with Gasteiger partial charge in [0.2, 0.25) is 0 Å². The molecule has 0 aliphatic rings. The largest absolute Gasteiger partial charge is 0.748 e. The lowest BCUT2D eigenvalue weighted by Gasteiger charge is -2.30. The molecule has 0 unspecified atom stereocenters. The van der Waals surface area contributed by atoms with Gasteiger partial charge in [0.15, 0.2) is 0 Å². The van der Waals surface area contributed by atoms with E-state index in [9.17, 15) is 13.0 Å². The summed E-state index contributed by atoms with van der Waals surface area (Å²) in [6.45, 7) is 8.71. The summed E-state index contributed by atoms with van der Waals surface area (Å²) in [5.74, 6) is 0.580. The van der Waals surface area contributed by atoms with E-state index in [1.54, 1.807) is 0 Å². The lowest BCUT2D eigenvalue weighted by atomic mass is 9.87. The zero-order valence-electron chi connectivity index (χ0n) is 15.5. The minimum atomic E-state index is -4.11. The maximum Gasteiger partial charge on any atom is 0.119 e. The molecule has 1 aromatic carbocycles. The molecular weight excluding hydrogens is 326 g/mol. The van der Waals surface area contributed by atoms with Gasteiger partial charge in [-0.25, -0.2) is 8.42 Å². The smallest absolute Gasteiger partial charge is 0.119 e. The summed E-state index contributed by atoms with van der Waals surface area (Å²) in [6.07, 6.45) is 1.27. The van der Waals surface area contributed by atoms with Crippen molar-refractivity contribution in [2.24, 2.45) is 0 Å². The number of rotatable bonds is 9. The van der Waals surface area contributed by atoms with Gasteiger partial charge in [0.1, 0.15) is 5.75 Å². The number of ether oxygens (including phenoxy) is 1. The van der Waals surface area contributed by atoms with Crippen LogP contribution in [-0.2, 0) is 15.5 Å². The SMILES string of the molecule is CC(C)(C)c1ccc(OCCC[N+](C)(C)CCCS(=O)(=O)[O-])cc1. The molecule has 0 saturated carbocycles. The van der Waals surface area contributed by atoms with Gasteiger partial charge in [-0.3, -0.25) is 0 Å². The highest BCUT2D eigenvalue weighted by Gasteiger charge is 2.15. The predicted molar refractivity (Wildman–Crippen MR) is 96.3 cm³/mol. The van der Waals surface area contributed by atoms with Crippen molar-refractivity contribution in [1.82, 2.24) is 0 Å². The van der Waals surface area contributed by atoms with E-state index in [0.717, 1.165) is 18.7 Å². The van der Waals surface area contributed by atoms with E-state index in [2.05, 4.69) is 32.9 Å². The van der Waals surface area contributed by atoms with E-state index < -0.39 is 10.1 Å². The Bertz CT molecular complexity index is 601. The van der Waals surface area contributed by atoms with Crippen molar-refractivity contribution < 1.29 is 22.2 Å². The molecule has 0 N–H and O–H groups in total. The lowest BCUT2D eigenvalue weighted by Crippen LogP contribution is -2.42. The maximum absolute atomic E-state index is 10.6. The number of hydrogen-bond donors (Lipinski definition) is 0. The van der Waals surface area contributed by atoms with Crippen LogP contribution in [0.4, 0.5) is 0 Å². The van der Waals surface area contributed by atoms with Crippen LogP contribution in [0.2, 0.25) is 0 Å². The number of benzene rings is 1. The molecular formula is C18H31NO4S. The Labute approximate surface area is 147 Å². The molecule has 0 spiro atoms. The van der Waals surface area contributed by atoms with Gasteiger partial charge in [0.05, 0.1) is 43.9 Å². The van der Waals surface area contributed by atoms with Crippen molar-refractivity contribution >= 4 is 10.1 Å². The molecule has 0 saturated heterocycles. The molecule has 0 aromatic heterocycles. The van der Waals surface area contributed by atoms with Gasteiger partial charge in [-0.1, -0.05) is 32.9 Å². The molecule has 6 heteroatoms. The second-order valence-corrected chi connectivity index (χ2v) is 9.50. The molecule has 1 rings (SSSR count). The van der Waals surface area contributed by atoms with Gasteiger partial charge < -0.3 is 13.8 Å². The van der Waals surface area contributed by atoms with Gasteiger partial charge in [0, 0.05) is 18.6 Å². The van der Waals surface area contributed by atoms with Crippen molar-refractivity contribution in [1.29, 1.82) is 0 Å². The summed E-state index contributed by atoms with van der Waals surface area (Å²) in [5, 5.41) is 0. The number of hydrogen-bond acceptors (Lipinski definition) is 4. The fraction of sp³-hybridized carbons (Fsp3) is 0.667. The summed E-state index contributed by atoms with van der Waals surface area (Å²) >= 11 is 0. The fourth-order valence-electron chi connectivity index (χ4n) is 2.51. The molecule has 1 aromatic rings. The minimum Gasteiger partial charge on any atom is -0.748 e. The van der Waals surface area contributed by atoms with Gasteiger partial charge in [0.25, 0.3) is 0 Å². The third-order valence-electron chi connectivity index (χ3n) is 4.05. The molecule has 138 valence electrons. The highest BCUT2D eigenvalue weighted by atomic mass is 32.2. The average Bonchev–Trinajstić information content (AvgIpc) is 2.41. The monoisotopic (exact) mass is 357 g/mol. The molecule has 0 amide bonds. The van der Waals surface area contributed by atoms with Crippen molar-refractivity contribution in [3.63, 3.8) is 0 Å². The fourth-order valence-corrected chi connectivity index (χ4v) is 3.00. The van der Waals surface area contributed by atoms with Crippen LogP contribution in [0.3, 0.4) is 0 Å². The van der Waals surface area contributed by atoms with E-state index in [4.69, 9.17) is 4.74 Å². The second-order valence-electron chi connectivity index (χ2n) is 7.97. The number of quaternary nitrogens is 1. The first-order chi connectivity index (χ1) is 10.9. The molecule has 24 heavy (non-hydrogen) atoms. The van der Waals surface area contributed by atoms with Crippen molar-refractivity contribution in [3.05, 3.63) is 29.8 Å². The first kappa shape index (κ1) is 20.9. The van der Waals surface area contributed by atoms with Crippen molar-refractivity contribution in [2.45, 2.75) is 39.0 Å². The first-order valence-corrected chi connectivity index (χ1v) is 9.96. The van der Waals surface area contributed by atoms with Gasteiger partial charge in [-0.2, -0.15) is 0 Å². The predicted octanol–water partition coefficient (Wildman–Crippen LogP) is 2.76. The summed E-state index contributed by atoms with van der Waals surface area (Å²) < 4.78 is 38.4. The first-order valence-electron chi connectivity index (χ1n) is 8.38. The summed E-state index contributed by atoms with van der Waals surface area (Å²) in [7, 11) is -0.0321. The third kappa shape index (κ3) is 8.66. The zero-order chi connectivity index (χ0) is 18.4. The highest BCUT2D eigenvalue weighted by molar-refractivity contribution is 7.85. The Morgan fingerprint density at radius 3 is 2.08 bits per heavy atom. The molecule has 0 aliphatic heterocycles. The normalized spacial score (nSPS) is 13.1. The topological polar surface area (TPSA) is 66.4 Å². The molecule has 0 bridgehead atoms. The second kappa shape index (κ2) is 8.32. The Morgan fingerprint density at radius 1 is 1.04 bits per heavy atom. The molecule has 5 nitrogen and oxygen atoms in total. The standard InChI is InChI=1S/C18H31NO4S/c1-18(2,3)16-8-10-17(11-9-16)23-14-6-12-19(4,5)13-7-15-24(20,21)22/h8-11H,6-7,12-15H2,1-5H3. The van der Waals surface area contributed by atoms with Crippen LogP contribution in [0, 0.1) is 0 Å². The van der Waals surface area contributed by atoms with Crippen LogP contribution < -0.4 is 4.74 Å². The van der Waals surface area contributed by atoms with E-state index in [1.165, 1.54) is 5.56 Å². The average molecular weight is 358 g/mol. The van der Waals surface area contributed by atoms with Gasteiger partial charge >= 0.3 is 0 Å². The highest BCUT2D eigenvalue weighted by Crippen LogP contribution is 2.24. The van der Waals surface area contributed by atoms with Crippen LogP contribution in [-0.4, -0.2) is 57.0 Å². The van der Waals surface area contributed by atoms with Crippen LogP contribution in [0.15, 0.2) is 24.3 Å². The van der Waals surface area contributed by atoms with E-state index in [0.29, 0.717) is 24.1 Å². The summed E-state index contributed by atoms with van der Waals surface area (Å²) in [4.78, 5) is 0. The van der Waals surface area contributed by atoms with Gasteiger partial charge in [-0.05, 0) is 23.1 Å². The Hall–Kier alpha value is -1.11. The van der Waals surface area contributed by atoms with E-state index in [-0.39, 0.29) is 11.2 Å². The Morgan fingerprint density at radius 2 is 1.58 bits per heavy atom. The molecule has 0 heterocycles. The quantitative estimate of drug-likeness (QED) is 0.387. The summed E-state index contributed by atoms with van der Waals surface area (Å²) in [5.41, 5.74) is 1.42. The Balaban J connectivity index is 2.32. The molecule has 0 aliphatic carbocycles. The zero-order valence-corrected chi connectivity index (χ0v) is 16.4. The maximum atomic E-state index is 10.6. The third-order valence-corrected chi connectivity index (χ3v) is 4.84. The van der Waals surface area contributed by atoms with Crippen LogP contribution in [0.1, 0.15) is 39.2 Å². The van der Waals surface area contributed by atoms with Crippen LogP contribution >= 0.6 is 0 Å². The van der Waals surface area contributed by atoms with Crippen molar-refractivity contribution in [2.75, 3.05) is 39.5 Å². The van der Waals surface area contributed by atoms with Crippen LogP contribution in [0.5, 0.6) is 5.75 Å². The van der Waals surface area contributed by atoms with E-state index in [1.807, 2.05) is 26.2 Å². The van der Waals surface area contributed by atoms with E-state index >= 15 is 0 Å². The minimum absolute atomic E-state index is 0.137. The molecule has 0 radical (unpaired) electrons. The number of nitrogens with zero attached hydrogens (tertiary/aromatic N) is 1. The molecule has 0 fully saturated rings. The Kier molecular flexibility index (Phi) is 7.25. The van der Waals surface area contributed by atoms with Gasteiger partial charge in [-0.15, -0.1) is 0 Å². The lowest BCUT2D eigenvalue weighted by molar-refractivity contribution is -0.890. The summed E-state index contributed by atoms with van der Waals surface area (Å²) in [6, 6.07) is 8.19. The molecule has 0 atom stereocenters. The van der Waals surface area contributed by atoms with Crippen molar-refractivity contribution in [3.8, 4) is 5.75 Å². The van der Waals surface area contributed by atoms with Crippen LogP contribution in [0.25, 0.3) is 0 Å².